The first-order valence-electron chi connectivity index (χ1n) is 12.6. The molecule has 0 aromatic heterocycles. The highest BCUT2D eigenvalue weighted by atomic mass is 35.5. The molecule has 11 heteroatoms. The molecule has 0 aliphatic heterocycles. The molecule has 8 nitrogen and oxygen atoms in total. The monoisotopic (exact) mass is 589 g/mol. The van der Waals surface area contributed by atoms with Gasteiger partial charge in [0.1, 0.15) is 24.2 Å². The van der Waals surface area contributed by atoms with Gasteiger partial charge < -0.3 is 15.0 Å². The molecule has 0 bridgehead atoms. The van der Waals surface area contributed by atoms with Gasteiger partial charge in [0.15, 0.2) is 0 Å². The fraction of sp³-hybridized carbons (Fsp3) is 0.310. The van der Waals surface area contributed by atoms with Crippen molar-refractivity contribution >= 4 is 39.1 Å². The SMILES string of the molecule is COc1ccc(N(CC(=O)N(Cc2ccccc2F)[C@H](Cc2ccccc2)C(=O)NC(C)C)S(C)(=O)=O)cc1Cl. The van der Waals surface area contributed by atoms with Crippen molar-refractivity contribution in [2.75, 3.05) is 24.2 Å². The maximum Gasteiger partial charge on any atom is 0.244 e. The number of halogens is 2. The number of benzene rings is 3. The molecule has 0 unspecified atom stereocenters. The van der Waals surface area contributed by atoms with Gasteiger partial charge in [-0.25, -0.2) is 12.8 Å². The predicted octanol–water partition coefficient (Wildman–Crippen LogP) is 4.42. The standard InChI is InChI=1S/C29H33ClFN3O5S/c1-20(2)32-29(36)26(16-21-10-6-5-7-11-21)33(18-22-12-8-9-13-25(22)31)28(35)19-34(40(4,37)38)23-14-15-27(39-3)24(30)17-23/h5-15,17,20,26H,16,18-19H2,1-4H3,(H,32,36)/t26-/m1/s1. The maximum atomic E-state index is 14.8. The van der Waals surface area contributed by atoms with E-state index in [2.05, 4.69) is 5.32 Å². The number of rotatable bonds is 12. The Morgan fingerprint density at radius 1 is 1.02 bits per heavy atom. The fourth-order valence-corrected chi connectivity index (χ4v) is 5.26. The molecule has 0 saturated heterocycles. The van der Waals surface area contributed by atoms with E-state index in [0.29, 0.717) is 5.75 Å². The summed E-state index contributed by atoms with van der Waals surface area (Å²) in [6.07, 6.45) is 1.10. The van der Waals surface area contributed by atoms with Crippen molar-refractivity contribution in [2.45, 2.75) is 38.9 Å². The Hall–Kier alpha value is -3.63. The molecule has 0 spiro atoms. The van der Waals surface area contributed by atoms with Crippen LogP contribution in [0.3, 0.4) is 0 Å². The van der Waals surface area contributed by atoms with Gasteiger partial charge >= 0.3 is 0 Å². The third kappa shape index (κ3) is 8.19. The Morgan fingerprint density at radius 3 is 2.25 bits per heavy atom. The van der Waals surface area contributed by atoms with Gasteiger partial charge in [-0.05, 0) is 43.7 Å². The molecular weight excluding hydrogens is 557 g/mol. The summed E-state index contributed by atoms with van der Waals surface area (Å²) in [4.78, 5) is 28.7. The number of carbonyl (C=O) groups excluding carboxylic acids is 2. The molecule has 1 N–H and O–H groups in total. The molecule has 3 aromatic carbocycles. The zero-order valence-electron chi connectivity index (χ0n) is 22.8. The van der Waals surface area contributed by atoms with Gasteiger partial charge in [-0.3, -0.25) is 13.9 Å². The highest BCUT2D eigenvalue weighted by Crippen LogP contribution is 2.30. The maximum absolute atomic E-state index is 14.8. The normalized spacial score (nSPS) is 12.1. The summed E-state index contributed by atoms with van der Waals surface area (Å²) >= 11 is 6.24. The molecule has 40 heavy (non-hydrogen) atoms. The highest BCUT2D eigenvalue weighted by Gasteiger charge is 2.33. The van der Waals surface area contributed by atoms with Crippen molar-refractivity contribution in [2.24, 2.45) is 0 Å². The average Bonchev–Trinajstić information content (AvgIpc) is 2.89. The smallest absolute Gasteiger partial charge is 0.244 e. The van der Waals surface area contributed by atoms with Crippen molar-refractivity contribution in [3.05, 3.63) is 94.8 Å². The van der Waals surface area contributed by atoms with E-state index in [1.807, 2.05) is 30.3 Å². The van der Waals surface area contributed by atoms with Crippen molar-refractivity contribution in [1.82, 2.24) is 10.2 Å². The molecule has 0 heterocycles. The average molecular weight is 590 g/mol. The lowest BCUT2D eigenvalue weighted by Gasteiger charge is -2.34. The van der Waals surface area contributed by atoms with Gasteiger partial charge in [-0.1, -0.05) is 60.1 Å². The number of ether oxygens (including phenoxy) is 1. The van der Waals surface area contributed by atoms with Gasteiger partial charge in [0.2, 0.25) is 21.8 Å². The van der Waals surface area contributed by atoms with Gasteiger partial charge in [0.05, 0.1) is 24.1 Å². The number of methoxy groups -OCH3 is 1. The second-order valence-electron chi connectivity index (χ2n) is 9.57. The highest BCUT2D eigenvalue weighted by molar-refractivity contribution is 7.92. The van der Waals surface area contributed by atoms with E-state index in [1.165, 1.54) is 48.4 Å². The third-order valence-electron chi connectivity index (χ3n) is 6.10. The van der Waals surface area contributed by atoms with Crippen molar-refractivity contribution in [1.29, 1.82) is 0 Å². The zero-order valence-corrected chi connectivity index (χ0v) is 24.4. The Bertz CT molecular complexity index is 1440. The summed E-state index contributed by atoms with van der Waals surface area (Å²) < 4.78 is 46.5. The summed E-state index contributed by atoms with van der Waals surface area (Å²) in [5.74, 6) is -1.35. The number of anilines is 1. The number of nitrogens with one attached hydrogen (secondary N) is 1. The molecule has 0 radical (unpaired) electrons. The Balaban J connectivity index is 2.07. The van der Waals surface area contributed by atoms with E-state index >= 15 is 0 Å². The molecule has 214 valence electrons. The minimum Gasteiger partial charge on any atom is -0.495 e. The quantitative estimate of drug-likeness (QED) is 0.337. The molecular formula is C29H33ClFN3O5S. The number of nitrogens with zero attached hydrogens (tertiary/aromatic N) is 2. The lowest BCUT2D eigenvalue weighted by Crippen LogP contribution is -2.54. The first-order chi connectivity index (χ1) is 18.9. The fourth-order valence-electron chi connectivity index (χ4n) is 4.17. The van der Waals surface area contributed by atoms with Crippen LogP contribution in [0, 0.1) is 5.82 Å². The molecule has 0 fully saturated rings. The number of hydrogen-bond acceptors (Lipinski definition) is 5. The van der Waals surface area contributed by atoms with Crippen LogP contribution < -0.4 is 14.4 Å². The number of hydrogen-bond donors (Lipinski definition) is 1. The van der Waals surface area contributed by atoms with Crippen molar-refractivity contribution in [3.63, 3.8) is 0 Å². The van der Waals surface area contributed by atoms with Gasteiger partial charge in [-0.2, -0.15) is 0 Å². The number of sulfonamides is 1. The van der Waals surface area contributed by atoms with Crippen LogP contribution in [0.1, 0.15) is 25.0 Å². The molecule has 3 aromatic rings. The van der Waals surface area contributed by atoms with Crippen LogP contribution in [0.15, 0.2) is 72.8 Å². The Kier molecular flexibility index (Phi) is 10.5. The topological polar surface area (TPSA) is 96.0 Å². The van der Waals surface area contributed by atoms with Crippen LogP contribution in [-0.2, 0) is 32.6 Å². The second-order valence-corrected chi connectivity index (χ2v) is 11.9. The minimum absolute atomic E-state index is 0.132. The van der Waals surface area contributed by atoms with Gasteiger partial charge in [0.25, 0.3) is 0 Å². The number of amides is 2. The van der Waals surface area contributed by atoms with Gasteiger partial charge in [-0.15, -0.1) is 0 Å². The minimum atomic E-state index is -3.98. The molecule has 0 saturated carbocycles. The second kappa shape index (κ2) is 13.6. The predicted molar refractivity (Wildman–Crippen MR) is 154 cm³/mol. The van der Waals surface area contributed by atoms with Crippen molar-refractivity contribution in [3.8, 4) is 5.75 Å². The van der Waals surface area contributed by atoms with E-state index in [9.17, 15) is 22.4 Å². The lowest BCUT2D eigenvalue weighted by molar-refractivity contribution is -0.140. The van der Waals surface area contributed by atoms with Crippen LogP contribution >= 0.6 is 11.6 Å². The summed E-state index contributed by atoms with van der Waals surface area (Å²) in [5.41, 5.74) is 1.10. The zero-order chi connectivity index (χ0) is 29.4. The third-order valence-corrected chi connectivity index (χ3v) is 7.54. The van der Waals surface area contributed by atoms with E-state index in [1.54, 1.807) is 19.9 Å². The van der Waals surface area contributed by atoms with Crippen LogP contribution in [0.25, 0.3) is 0 Å². The Morgan fingerprint density at radius 2 is 1.68 bits per heavy atom. The van der Waals surface area contributed by atoms with Gasteiger partial charge in [0, 0.05) is 24.6 Å². The lowest BCUT2D eigenvalue weighted by atomic mass is 10.0. The summed E-state index contributed by atoms with van der Waals surface area (Å²) in [6, 6.07) is 18.1. The molecule has 2 amide bonds. The largest absolute Gasteiger partial charge is 0.495 e. The van der Waals surface area contributed by atoms with Crippen LogP contribution in [0.4, 0.5) is 10.1 Å². The van der Waals surface area contributed by atoms with E-state index in [4.69, 9.17) is 16.3 Å². The number of carbonyl (C=O) groups is 2. The van der Waals surface area contributed by atoms with Crippen LogP contribution in [0.2, 0.25) is 5.02 Å². The van der Waals surface area contributed by atoms with E-state index < -0.39 is 40.2 Å². The van der Waals surface area contributed by atoms with Crippen LogP contribution in [0.5, 0.6) is 5.75 Å². The Labute approximate surface area is 239 Å². The summed E-state index contributed by atoms with van der Waals surface area (Å²) in [6.45, 7) is 2.68. The van der Waals surface area contributed by atoms with E-state index in [0.717, 1.165) is 16.1 Å². The van der Waals surface area contributed by atoms with E-state index in [-0.39, 0.29) is 35.3 Å². The first-order valence-corrected chi connectivity index (χ1v) is 14.8. The summed E-state index contributed by atoms with van der Waals surface area (Å²) in [5, 5.41) is 3.00. The summed E-state index contributed by atoms with van der Waals surface area (Å²) in [7, 11) is -2.55. The molecule has 3 rings (SSSR count). The molecule has 0 aliphatic rings. The first kappa shape index (κ1) is 30.9. The van der Waals surface area contributed by atoms with Crippen LogP contribution in [-0.4, -0.2) is 57.1 Å². The molecule has 1 atom stereocenters. The molecule has 0 aliphatic carbocycles. The van der Waals surface area contributed by atoms with Crippen molar-refractivity contribution < 1.29 is 27.1 Å².